The number of rotatable bonds is 4. The van der Waals surface area contributed by atoms with Crippen molar-refractivity contribution in [1.82, 2.24) is 4.57 Å². The van der Waals surface area contributed by atoms with E-state index >= 15 is 0 Å². The first-order valence-electron chi connectivity index (χ1n) is 7.69. The Hall–Kier alpha value is -2.29. The second-order valence-electron chi connectivity index (χ2n) is 5.64. The molecule has 0 fully saturated rings. The van der Waals surface area contributed by atoms with Crippen LogP contribution in [-0.4, -0.2) is 15.9 Å². The van der Waals surface area contributed by atoms with Gasteiger partial charge in [-0.1, -0.05) is 30.1 Å². The van der Waals surface area contributed by atoms with Gasteiger partial charge in [0.25, 0.3) is 5.56 Å². The third-order valence-corrected chi connectivity index (χ3v) is 4.60. The number of hydrogen-bond acceptors (Lipinski definition) is 4. The van der Waals surface area contributed by atoms with E-state index in [2.05, 4.69) is 4.99 Å². The van der Waals surface area contributed by atoms with Crippen molar-refractivity contribution in [2.45, 2.75) is 33.2 Å². The third kappa shape index (κ3) is 3.71. The predicted molar refractivity (Wildman–Crippen MR) is 101 cm³/mol. The summed E-state index contributed by atoms with van der Waals surface area (Å²) in [6, 6.07) is 6.51. The SMILES string of the molecule is CCC(C)n1c(O)c(C=Nc2ccc(Cl)cc2Cl)c(C)c(C#N)c1=O. The van der Waals surface area contributed by atoms with Crippen LogP contribution >= 0.6 is 23.2 Å². The molecule has 0 amide bonds. The van der Waals surface area contributed by atoms with Crippen LogP contribution in [0.15, 0.2) is 28.0 Å². The van der Waals surface area contributed by atoms with Gasteiger partial charge >= 0.3 is 0 Å². The molecule has 1 unspecified atom stereocenters. The summed E-state index contributed by atoms with van der Waals surface area (Å²) in [5.74, 6) is -0.218. The van der Waals surface area contributed by atoms with E-state index in [0.29, 0.717) is 33.3 Å². The van der Waals surface area contributed by atoms with Crippen LogP contribution in [-0.2, 0) is 0 Å². The zero-order chi connectivity index (χ0) is 18.7. The van der Waals surface area contributed by atoms with Crippen molar-refractivity contribution in [2.24, 2.45) is 4.99 Å². The largest absolute Gasteiger partial charge is 0.494 e. The Bertz CT molecular complexity index is 943. The summed E-state index contributed by atoms with van der Waals surface area (Å²) < 4.78 is 1.22. The highest BCUT2D eigenvalue weighted by Crippen LogP contribution is 2.29. The quantitative estimate of drug-likeness (QED) is 0.779. The summed E-state index contributed by atoms with van der Waals surface area (Å²) >= 11 is 12.0. The number of aromatic hydroxyl groups is 1. The van der Waals surface area contributed by atoms with Crippen molar-refractivity contribution >= 4 is 35.1 Å². The molecular weight excluding hydrogens is 361 g/mol. The maximum Gasteiger partial charge on any atom is 0.271 e. The molecule has 1 aromatic carbocycles. The minimum Gasteiger partial charge on any atom is -0.494 e. The highest BCUT2D eigenvalue weighted by Gasteiger charge is 2.20. The van der Waals surface area contributed by atoms with E-state index in [4.69, 9.17) is 23.2 Å². The fourth-order valence-corrected chi connectivity index (χ4v) is 2.86. The van der Waals surface area contributed by atoms with Gasteiger partial charge in [0.1, 0.15) is 11.6 Å². The minimum absolute atomic E-state index is 0.0123. The number of nitriles is 1. The van der Waals surface area contributed by atoms with Crippen molar-refractivity contribution in [3.63, 3.8) is 0 Å². The first kappa shape index (κ1) is 19.0. The topological polar surface area (TPSA) is 78.4 Å². The minimum atomic E-state index is -0.506. The molecule has 25 heavy (non-hydrogen) atoms. The van der Waals surface area contributed by atoms with E-state index in [1.165, 1.54) is 10.8 Å². The molecular formula is C18H17Cl2N3O2. The lowest BCUT2D eigenvalue weighted by Gasteiger charge is -2.18. The van der Waals surface area contributed by atoms with Crippen molar-refractivity contribution < 1.29 is 5.11 Å². The van der Waals surface area contributed by atoms with Crippen molar-refractivity contribution in [3.8, 4) is 11.9 Å². The van der Waals surface area contributed by atoms with Crippen LogP contribution in [0.5, 0.6) is 5.88 Å². The van der Waals surface area contributed by atoms with Gasteiger partial charge in [-0.25, -0.2) is 0 Å². The van der Waals surface area contributed by atoms with Crippen molar-refractivity contribution in [1.29, 1.82) is 5.26 Å². The van der Waals surface area contributed by atoms with Gasteiger partial charge in [0.2, 0.25) is 5.88 Å². The number of pyridine rings is 1. The molecule has 0 aliphatic carbocycles. The van der Waals surface area contributed by atoms with Crippen LogP contribution in [0.3, 0.4) is 0 Å². The number of nitrogens with zero attached hydrogens (tertiary/aromatic N) is 3. The van der Waals surface area contributed by atoms with Gasteiger partial charge in [-0.15, -0.1) is 0 Å². The van der Waals surface area contributed by atoms with Gasteiger partial charge in [-0.2, -0.15) is 5.26 Å². The summed E-state index contributed by atoms with van der Waals surface area (Å²) in [6.07, 6.45) is 2.03. The average molecular weight is 378 g/mol. The Morgan fingerprint density at radius 1 is 1.44 bits per heavy atom. The fourth-order valence-electron chi connectivity index (χ4n) is 2.41. The van der Waals surface area contributed by atoms with Crippen LogP contribution in [0.1, 0.15) is 43.0 Å². The van der Waals surface area contributed by atoms with E-state index in [1.54, 1.807) is 32.0 Å². The molecule has 0 saturated heterocycles. The molecule has 0 saturated carbocycles. The number of aliphatic imine (C=N–C) groups is 1. The number of halogens is 2. The molecule has 5 nitrogen and oxygen atoms in total. The van der Waals surface area contributed by atoms with E-state index in [-0.39, 0.29) is 17.5 Å². The molecule has 0 bridgehead atoms. The van der Waals surface area contributed by atoms with Crippen LogP contribution in [0.2, 0.25) is 10.0 Å². The summed E-state index contributed by atoms with van der Waals surface area (Å²) in [4.78, 5) is 16.7. The Morgan fingerprint density at radius 3 is 2.68 bits per heavy atom. The van der Waals surface area contributed by atoms with Gasteiger partial charge in [0, 0.05) is 17.3 Å². The standard InChI is InChI=1S/C18H17Cl2N3O2/c1-4-10(2)23-17(24)13(8-21)11(3)14(18(23)25)9-22-16-6-5-12(19)7-15(16)20/h5-7,9-10,25H,4H2,1-3H3. The van der Waals surface area contributed by atoms with Gasteiger partial charge in [0.15, 0.2) is 0 Å². The third-order valence-electron chi connectivity index (χ3n) is 4.07. The van der Waals surface area contributed by atoms with E-state index in [9.17, 15) is 15.2 Å². The van der Waals surface area contributed by atoms with Gasteiger partial charge in [-0.3, -0.25) is 14.4 Å². The van der Waals surface area contributed by atoms with E-state index < -0.39 is 5.56 Å². The molecule has 0 aliphatic heterocycles. The fraction of sp³-hybridized carbons (Fsp3) is 0.278. The number of benzene rings is 1. The Kier molecular flexibility index (Phi) is 5.89. The van der Waals surface area contributed by atoms with Crippen molar-refractivity contribution in [2.75, 3.05) is 0 Å². The number of aromatic nitrogens is 1. The van der Waals surface area contributed by atoms with Crippen LogP contribution < -0.4 is 5.56 Å². The lowest BCUT2D eigenvalue weighted by atomic mass is 10.0. The lowest BCUT2D eigenvalue weighted by molar-refractivity contribution is 0.372. The molecule has 0 aliphatic rings. The van der Waals surface area contributed by atoms with Crippen LogP contribution in [0, 0.1) is 18.3 Å². The highest BCUT2D eigenvalue weighted by atomic mass is 35.5. The molecule has 0 radical (unpaired) electrons. The maximum atomic E-state index is 12.5. The van der Waals surface area contributed by atoms with Gasteiger partial charge in [0.05, 0.1) is 16.3 Å². The first-order chi connectivity index (χ1) is 11.8. The molecule has 2 rings (SSSR count). The second kappa shape index (κ2) is 7.73. The molecule has 0 spiro atoms. The molecule has 1 N–H and O–H groups in total. The van der Waals surface area contributed by atoms with Crippen LogP contribution in [0.25, 0.3) is 0 Å². The van der Waals surface area contributed by atoms with Gasteiger partial charge in [-0.05, 0) is 44.0 Å². The first-order valence-corrected chi connectivity index (χ1v) is 8.44. The summed E-state index contributed by atoms with van der Waals surface area (Å²) in [7, 11) is 0. The molecule has 130 valence electrons. The summed E-state index contributed by atoms with van der Waals surface area (Å²) in [6.45, 7) is 5.30. The van der Waals surface area contributed by atoms with Gasteiger partial charge < -0.3 is 5.11 Å². The van der Waals surface area contributed by atoms with E-state index in [0.717, 1.165) is 0 Å². The molecule has 1 aromatic heterocycles. The Labute approximate surface area is 155 Å². The zero-order valence-corrected chi connectivity index (χ0v) is 15.6. The average Bonchev–Trinajstić information content (AvgIpc) is 2.56. The molecule has 1 atom stereocenters. The predicted octanol–water partition coefficient (Wildman–Crippen LogP) is 4.76. The highest BCUT2D eigenvalue weighted by molar-refractivity contribution is 6.36. The zero-order valence-electron chi connectivity index (χ0n) is 14.0. The van der Waals surface area contributed by atoms with E-state index in [1.807, 2.05) is 13.0 Å². The summed E-state index contributed by atoms with van der Waals surface area (Å²) in [5.41, 5.74) is 0.626. The second-order valence-corrected chi connectivity index (χ2v) is 6.48. The Morgan fingerprint density at radius 2 is 2.12 bits per heavy atom. The maximum absolute atomic E-state index is 12.5. The van der Waals surface area contributed by atoms with Crippen LogP contribution in [0.4, 0.5) is 5.69 Å². The lowest BCUT2D eigenvalue weighted by Crippen LogP contribution is -2.27. The molecule has 1 heterocycles. The normalized spacial score (nSPS) is 12.3. The molecule has 7 heteroatoms. The Balaban J connectivity index is 2.67. The summed E-state index contributed by atoms with van der Waals surface area (Å²) in [5, 5.41) is 20.7. The molecule has 2 aromatic rings. The number of hydrogen-bond donors (Lipinski definition) is 1. The monoisotopic (exact) mass is 377 g/mol. The smallest absolute Gasteiger partial charge is 0.271 e. The van der Waals surface area contributed by atoms with Crippen molar-refractivity contribution in [3.05, 3.63) is 55.3 Å².